The third-order valence-corrected chi connectivity index (χ3v) is 5.01. The van der Waals surface area contributed by atoms with Crippen LogP contribution in [0, 0.1) is 0 Å². The smallest absolute Gasteiger partial charge is 0.335 e. The van der Waals surface area contributed by atoms with Gasteiger partial charge in [-0.25, -0.2) is 9.78 Å². The van der Waals surface area contributed by atoms with Gasteiger partial charge in [0.15, 0.2) is 11.5 Å². The summed E-state index contributed by atoms with van der Waals surface area (Å²) < 4.78 is 10.7. The molecule has 0 saturated carbocycles. The number of ether oxygens (including phenoxy) is 2. The van der Waals surface area contributed by atoms with Gasteiger partial charge in [0.2, 0.25) is 0 Å². The van der Waals surface area contributed by atoms with Gasteiger partial charge in [0.25, 0.3) is 5.91 Å². The largest absolute Gasteiger partial charge is 0.493 e. The van der Waals surface area contributed by atoms with Gasteiger partial charge in [0.05, 0.1) is 36.6 Å². The summed E-state index contributed by atoms with van der Waals surface area (Å²) in [5.41, 5.74) is 2.91. The van der Waals surface area contributed by atoms with Crippen LogP contribution in [-0.2, 0) is 0 Å². The minimum Gasteiger partial charge on any atom is -0.493 e. The minimum absolute atomic E-state index is 0.0911. The Kier molecular flexibility index (Phi) is 5.72. The van der Waals surface area contributed by atoms with Gasteiger partial charge in [0.1, 0.15) is 0 Å². The molecule has 4 rings (SSSR count). The van der Waals surface area contributed by atoms with Crippen LogP contribution in [0.4, 0.5) is 5.69 Å². The number of aromatic carboxylic acids is 1. The Balaban J connectivity index is 1.78. The summed E-state index contributed by atoms with van der Waals surface area (Å²) in [5.74, 6) is -0.288. The van der Waals surface area contributed by atoms with Crippen LogP contribution in [-0.4, -0.2) is 36.2 Å². The monoisotopic (exact) mass is 428 g/mol. The second kappa shape index (κ2) is 8.77. The number of carbonyl (C=O) groups is 2. The molecule has 160 valence electrons. The number of aromatic nitrogens is 1. The van der Waals surface area contributed by atoms with Crippen molar-refractivity contribution in [2.24, 2.45) is 0 Å². The van der Waals surface area contributed by atoms with Gasteiger partial charge >= 0.3 is 5.97 Å². The van der Waals surface area contributed by atoms with E-state index in [1.807, 2.05) is 30.3 Å². The molecule has 0 unspecified atom stereocenters. The quantitative estimate of drug-likeness (QED) is 0.455. The number of hydrogen-bond donors (Lipinski definition) is 2. The molecule has 1 heterocycles. The molecule has 1 aromatic heterocycles. The van der Waals surface area contributed by atoms with Crippen molar-refractivity contribution in [2.75, 3.05) is 19.5 Å². The standard InChI is InChI=1S/C25H20N2O5/c1-31-22-11-10-15(13-23(22)32-2)21-14-19(18-8-3-4-9-20(18)27-21)24(28)26-17-7-5-6-16(12-17)25(29)30/h3-14H,1-2H3,(H,26,28)(H,29,30). The van der Waals surface area contributed by atoms with Crippen LogP contribution >= 0.6 is 0 Å². The Hall–Kier alpha value is -4.39. The van der Waals surface area contributed by atoms with E-state index in [1.54, 1.807) is 44.6 Å². The highest BCUT2D eigenvalue weighted by atomic mass is 16.5. The number of nitrogens with one attached hydrogen (secondary N) is 1. The van der Waals surface area contributed by atoms with Crippen molar-refractivity contribution in [3.63, 3.8) is 0 Å². The van der Waals surface area contributed by atoms with Gasteiger partial charge in [0, 0.05) is 16.6 Å². The molecule has 0 aliphatic carbocycles. The summed E-state index contributed by atoms with van der Waals surface area (Å²) in [7, 11) is 3.12. The molecule has 7 heteroatoms. The fourth-order valence-electron chi connectivity index (χ4n) is 3.44. The van der Waals surface area contributed by atoms with E-state index in [1.165, 1.54) is 12.1 Å². The number of benzene rings is 3. The normalized spacial score (nSPS) is 10.6. The number of nitrogens with zero attached hydrogens (tertiary/aromatic N) is 1. The number of carboxylic acids is 1. The van der Waals surface area contributed by atoms with Gasteiger partial charge in [-0.15, -0.1) is 0 Å². The molecule has 0 saturated heterocycles. The molecule has 0 aliphatic heterocycles. The highest BCUT2D eigenvalue weighted by Gasteiger charge is 2.16. The number of methoxy groups -OCH3 is 2. The van der Waals surface area contributed by atoms with Gasteiger partial charge in [-0.1, -0.05) is 24.3 Å². The number of rotatable bonds is 6. The lowest BCUT2D eigenvalue weighted by atomic mass is 10.0. The van der Waals surface area contributed by atoms with Crippen molar-refractivity contribution in [1.29, 1.82) is 0 Å². The van der Waals surface area contributed by atoms with Crippen LogP contribution in [0.25, 0.3) is 22.2 Å². The van der Waals surface area contributed by atoms with E-state index in [0.717, 1.165) is 5.56 Å². The Bertz CT molecular complexity index is 1330. The maximum atomic E-state index is 13.2. The third kappa shape index (κ3) is 4.09. The van der Waals surface area contributed by atoms with Gasteiger partial charge in [-0.3, -0.25) is 4.79 Å². The lowest BCUT2D eigenvalue weighted by Crippen LogP contribution is -2.13. The first-order chi connectivity index (χ1) is 15.5. The molecule has 0 radical (unpaired) electrons. The van der Waals surface area contributed by atoms with Gasteiger partial charge in [-0.2, -0.15) is 0 Å². The van der Waals surface area contributed by atoms with E-state index < -0.39 is 5.97 Å². The van der Waals surface area contributed by atoms with Gasteiger partial charge < -0.3 is 19.9 Å². The van der Waals surface area contributed by atoms with Crippen molar-refractivity contribution in [3.05, 3.63) is 83.9 Å². The van der Waals surface area contributed by atoms with Crippen LogP contribution in [0.1, 0.15) is 20.7 Å². The van der Waals surface area contributed by atoms with E-state index in [2.05, 4.69) is 5.32 Å². The SMILES string of the molecule is COc1ccc(-c2cc(C(=O)Nc3cccc(C(=O)O)c3)c3ccccc3n2)cc1OC. The Morgan fingerprint density at radius 1 is 0.875 bits per heavy atom. The lowest BCUT2D eigenvalue weighted by Gasteiger charge is -2.13. The highest BCUT2D eigenvalue weighted by molar-refractivity contribution is 6.13. The van der Waals surface area contributed by atoms with Crippen LogP contribution in [0.15, 0.2) is 72.8 Å². The predicted octanol–water partition coefficient (Wildman–Crippen LogP) is 4.87. The average molecular weight is 428 g/mol. The van der Waals surface area contributed by atoms with Crippen molar-refractivity contribution in [3.8, 4) is 22.8 Å². The van der Waals surface area contributed by atoms with Crippen LogP contribution in [0.2, 0.25) is 0 Å². The Morgan fingerprint density at radius 3 is 2.41 bits per heavy atom. The molecule has 7 nitrogen and oxygen atoms in total. The second-order valence-corrected chi connectivity index (χ2v) is 6.98. The molecular weight excluding hydrogens is 408 g/mol. The summed E-state index contributed by atoms with van der Waals surface area (Å²) in [5, 5.41) is 12.7. The number of carbonyl (C=O) groups excluding carboxylic acids is 1. The fourth-order valence-corrected chi connectivity index (χ4v) is 3.44. The first-order valence-corrected chi connectivity index (χ1v) is 9.77. The van der Waals surface area contributed by atoms with Crippen molar-refractivity contribution in [2.45, 2.75) is 0 Å². The zero-order chi connectivity index (χ0) is 22.7. The van der Waals surface area contributed by atoms with Crippen LogP contribution in [0.3, 0.4) is 0 Å². The molecule has 1 amide bonds. The van der Waals surface area contributed by atoms with E-state index >= 15 is 0 Å². The summed E-state index contributed by atoms with van der Waals surface area (Å²) in [6, 6.07) is 20.6. The summed E-state index contributed by atoms with van der Waals surface area (Å²) in [6.45, 7) is 0. The van der Waals surface area contributed by atoms with Crippen molar-refractivity contribution in [1.82, 2.24) is 4.98 Å². The Labute approximate surface area is 184 Å². The van der Waals surface area contributed by atoms with Gasteiger partial charge in [-0.05, 0) is 48.5 Å². The van der Waals surface area contributed by atoms with E-state index in [4.69, 9.17) is 14.5 Å². The minimum atomic E-state index is -1.06. The predicted molar refractivity (Wildman–Crippen MR) is 122 cm³/mol. The lowest BCUT2D eigenvalue weighted by molar-refractivity contribution is 0.0696. The van der Waals surface area contributed by atoms with Crippen molar-refractivity contribution < 1.29 is 24.2 Å². The second-order valence-electron chi connectivity index (χ2n) is 6.98. The van der Waals surface area contributed by atoms with Crippen molar-refractivity contribution >= 4 is 28.5 Å². The first-order valence-electron chi connectivity index (χ1n) is 9.77. The molecule has 4 aromatic rings. The molecule has 0 spiro atoms. The number of para-hydroxylation sites is 1. The summed E-state index contributed by atoms with van der Waals surface area (Å²) in [6.07, 6.45) is 0. The molecule has 32 heavy (non-hydrogen) atoms. The summed E-state index contributed by atoms with van der Waals surface area (Å²) >= 11 is 0. The van der Waals surface area contributed by atoms with E-state index in [9.17, 15) is 14.7 Å². The Morgan fingerprint density at radius 2 is 1.66 bits per heavy atom. The molecule has 0 fully saturated rings. The van der Waals surface area contributed by atoms with E-state index in [0.29, 0.717) is 39.3 Å². The molecule has 0 bridgehead atoms. The molecule has 3 aromatic carbocycles. The zero-order valence-corrected chi connectivity index (χ0v) is 17.5. The summed E-state index contributed by atoms with van der Waals surface area (Å²) in [4.78, 5) is 29.1. The zero-order valence-electron chi connectivity index (χ0n) is 17.5. The number of pyridine rings is 1. The maximum absolute atomic E-state index is 13.2. The average Bonchev–Trinajstić information content (AvgIpc) is 2.82. The molecule has 0 aliphatic rings. The number of anilines is 1. The number of hydrogen-bond acceptors (Lipinski definition) is 5. The van der Waals surface area contributed by atoms with Crippen LogP contribution in [0.5, 0.6) is 11.5 Å². The number of carboxylic acid groups (broad SMARTS) is 1. The maximum Gasteiger partial charge on any atom is 0.335 e. The van der Waals surface area contributed by atoms with E-state index in [-0.39, 0.29) is 11.5 Å². The third-order valence-electron chi connectivity index (χ3n) is 5.01. The highest BCUT2D eigenvalue weighted by Crippen LogP contribution is 2.33. The fraction of sp³-hybridized carbons (Fsp3) is 0.0800. The molecule has 0 atom stereocenters. The number of fused-ring (bicyclic) bond motifs is 1. The topological polar surface area (TPSA) is 97.8 Å². The van der Waals surface area contributed by atoms with Crippen LogP contribution < -0.4 is 14.8 Å². The first kappa shape index (κ1) is 20.9. The molecule has 2 N–H and O–H groups in total. The molecular formula is C25H20N2O5. The number of amides is 1.